The van der Waals surface area contributed by atoms with E-state index >= 15 is 0 Å². The lowest BCUT2D eigenvalue weighted by Gasteiger charge is -2.26. The van der Waals surface area contributed by atoms with Gasteiger partial charge in [0.05, 0.1) is 17.4 Å². The van der Waals surface area contributed by atoms with Gasteiger partial charge in [-0.1, -0.05) is 61.7 Å². The number of para-hydroxylation sites is 1. The first-order valence-corrected chi connectivity index (χ1v) is 15.3. The third kappa shape index (κ3) is 6.47. The van der Waals surface area contributed by atoms with Gasteiger partial charge in [0.15, 0.2) is 0 Å². The second-order valence-electron chi connectivity index (χ2n) is 11.4. The molecule has 3 aromatic carbocycles. The van der Waals surface area contributed by atoms with Crippen LogP contribution in [0.4, 0.5) is 5.95 Å². The number of nitrogens with zero attached hydrogens (tertiary/aromatic N) is 5. The van der Waals surface area contributed by atoms with Gasteiger partial charge in [-0.3, -0.25) is 19.4 Å². The Labute approximate surface area is 248 Å². The Morgan fingerprint density at radius 1 is 0.881 bits per heavy atom. The van der Waals surface area contributed by atoms with Crippen LogP contribution >= 0.6 is 0 Å². The first-order valence-electron chi connectivity index (χ1n) is 15.3. The lowest BCUT2D eigenvalue weighted by atomic mass is 9.98. The molecule has 3 heterocycles. The van der Waals surface area contributed by atoms with Gasteiger partial charge in [0, 0.05) is 29.9 Å². The molecule has 0 radical (unpaired) electrons. The SMILES string of the molecule is Cn1ncc2cc(-c3ccccc3C(=O)Nc3nc(CCCCCCN4CCCCC4)cn3-c3ccccc3)ccc21. The second-order valence-corrected chi connectivity index (χ2v) is 11.4. The number of piperidine rings is 1. The van der Waals surface area contributed by atoms with Gasteiger partial charge in [0.1, 0.15) is 0 Å². The van der Waals surface area contributed by atoms with E-state index in [0.717, 1.165) is 46.3 Å². The Bertz CT molecular complexity index is 1630. The molecular formula is C35H40N6O. The number of carbonyl (C=O) groups excluding carboxylic acids is 1. The van der Waals surface area contributed by atoms with Gasteiger partial charge in [-0.2, -0.15) is 5.10 Å². The van der Waals surface area contributed by atoms with Crippen LogP contribution in [0.5, 0.6) is 0 Å². The number of likely N-dealkylation sites (tertiary alicyclic amines) is 1. The minimum Gasteiger partial charge on any atom is -0.303 e. The van der Waals surface area contributed by atoms with E-state index < -0.39 is 0 Å². The second kappa shape index (κ2) is 13.2. The van der Waals surface area contributed by atoms with Gasteiger partial charge in [0.2, 0.25) is 5.95 Å². The highest BCUT2D eigenvalue weighted by Crippen LogP contribution is 2.28. The number of carbonyl (C=O) groups is 1. The van der Waals surface area contributed by atoms with Gasteiger partial charge in [-0.15, -0.1) is 0 Å². The predicted octanol–water partition coefficient (Wildman–Crippen LogP) is 7.27. The fraction of sp³-hybridized carbons (Fsp3) is 0.343. The molecule has 0 unspecified atom stereocenters. The summed E-state index contributed by atoms with van der Waals surface area (Å²) >= 11 is 0. The zero-order chi connectivity index (χ0) is 28.7. The Morgan fingerprint density at radius 3 is 2.52 bits per heavy atom. The third-order valence-electron chi connectivity index (χ3n) is 8.35. The zero-order valence-corrected chi connectivity index (χ0v) is 24.5. The maximum Gasteiger partial charge on any atom is 0.258 e. The molecule has 5 aromatic rings. The van der Waals surface area contributed by atoms with Crippen molar-refractivity contribution in [2.45, 2.75) is 51.4 Å². The minimum atomic E-state index is -0.177. The van der Waals surface area contributed by atoms with Crippen molar-refractivity contribution < 1.29 is 4.79 Å². The van der Waals surface area contributed by atoms with Gasteiger partial charge < -0.3 is 4.90 Å². The summed E-state index contributed by atoms with van der Waals surface area (Å²) in [6.07, 6.45) is 13.7. The molecular weight excluding hydrogens is 520 g/mol. The van der Waals surface area contributed by atoms with E-state index in [0.29, 0.717) is 11.5 Å². The summed E-state index contributed by atoms with van der Waals surface area (Å²) in [5, 5.41) is 8.54. The van der Waals surface area contributed by atoms with Crippen molar-refractivity contribution >= 4 is 22.8 Å². The summed E-state index contributed by atoms with van der Waals surface area (Å²) in [6.45, 7) is 3.78. The fourth-order valence-corrected chi connectivity index (χ4v) is 6.03. The van der Waals surface area contributed by atoms with Crippen LogP contribution in [0.1, 0.15) is 61.0 Å². The monoisotopic (exact) mass is 560 g/mol. The number of anilines is 1. The van der Waals surface area contributed by atoms with E-state index in [4.69, 9.17) is 4.98 Å². The zero-order valence-electron chi connectivity index (χ0n) is 24.5. The normalized spacial score (nSPS) is 13.9. The van der Waals surface area contributed by atoms with Crippen LogP contribution in [-0.2, 0) is 13.5 Å². The molecule has 1 amide bonds. The van der Waals surface area contributed by atoms with E-state index in [2.05, 4.69) is 33.6 Å². The fourth-order valence-electron chi connectivity index (χ4n) is 6.03. The first kappa shape index (κ1) is 27.9. The summed E-state index contributed by atoms with van der Waals surface area (Å²) in [6, 6.07) is 24.0. The molecule has 1 saturated heterocycles. The molecule has 1 aliphatic heterocycles. The Hall–Kier alpha value is -4.23. The van der Waals surface area contributed by atoms with Crippen LogP contribution in [0.25, 0.3) is 27.7 Å². The standard InChI is InChI=1S/C35H40N6O/c1-39-33-20-19-27(24-28(33)25-36-39)31-17-9-10-18-32(31)34(42)38-35-37-29(26-41(35)30-15-7-4-8-16-30)14-6-2-3-11-21-40-22-12-5-13-23-40/h4,7-10,15-20,24-26H,2-3,5-6,11-14,21-23H2,1H3,(H,37,38,42). The average Bonchev–Trinajstić information content (AvgIpc) is 3.62. The molecule has 1 fully saturated rings. The lowest BCUT2D eigenvalue weighted by Crippen LogP contribution is -2.30. The molecule has 1 N–H and O–H groups in total. The van der Waals surface area contributed by atoms with Crippen molar-refractivity contribution in [1.82, 2.24) is 24.2 Å². The van der Waals surface area contributed by atoms with Crippen molar-refractivity contribution in [2.24, 2.45) is 7.05 Å². The number of rotatable bonds is 11. The Balaban J connectivity index is 1.16. The minimum absolute atomic E-state index is 0.177. The lowest BCUT2D eigenvalue weighted by molar-refractivity contribution is 0.102. The molecule has 0 atom stereocenters. The molecule has 0 bridgehead atoms. The average molecular weight is 561 g/mol. The van der Waals surface area contributed by atoms with Crippen molar-refractivity contribution in [3.8, 4) is 16.8 Å². The summed E-state index contributed by atoms with van der Waals surface area (Å²) in [7, 11) is 1.93. The maximum absolute atomic E-state index is 13.7. The van der Waals surface area contributed by atoms with Crippen molar-refractivity contribution in [3.05, 3.63) is 96.4 Å². The Morgan fingerprint density at radius 2 is 1.67 bits per heavy atom. The van der Waals surface area contributed by atoms with Crippen LogP contribution in [0.3, 0.4) is 0 Å². The molecule has 1 aliphatic rings. The first-order chi connectivity index (χ1) is 20.7. The van der Waals surface area contributed by atoms with E-state index in [1.165, 1.54) is 58.2 Å². The summed E-state index contributed by atoms with van der Waals surface area (Å²) in [4.78, 5) is 21.3. The molecule has 0 aliphatic carbocycles. The van der Waals surface area contributed by atoms with Crippen molar-refractivity contribution in [1.29, 1.82) is 0 Å². The maximum atomic E-state index is 13.7. The number of fused-ring (bicyclic) bond motifs is 1. The smallest absolute Gasteiger partial charge is 0.258 e. The van der Waals surface area contributed by atoms with E-state index in [1.54, 1.807) is 0 Å². The van der Waals surface area contributed by atoms with Gasteiger partial charge in [0.25, 0.3) is 5.91 Å². The number of nitrogens with one attached hydrogen (secondary N) is 1. The topological polar surface area (TPSA) is 68.0 Å². The van der Waals surface area contributed by atoms with Crippen LogP contribution in [-0.4, -0.2) is 49.8 Å². The number of hydrogen-bond acceptors (Lipinski definition) is 4. The molecule has 7 heteroatoms. The largest absolute Gasteiger partial charge is 0.303 e. The number of hydrogen-bond donors (Lipinski definition) is 1. The Kier molecular flexibility index (Phi) is 8.75. The molecule has 2 aromatic heterocycles. The number of benzene rings is 3. The van der Waals surface area contributed by atoms with Gasteiger partial charge >= 0.3 is 0 Å². The van der Waals surface area contributed by atoms with Crippen LogP contribution in [0.15, 0.2) is 85.2 Å². The number of aromatic nitrogens is 4. The summed E-state index contributed by atoms with van der Waals surface area (Å²) in [5.74, 6) is 0.368. The van der Waals surface area contributed by atoms with Crippen LogP contribution in [0, 0.1) is 0 Å². The molecule has 7 nitrogen and oxygen atoms in total. The van der Waals surface area contributed by atoms with Gasteiger partial charge in [-0.25, -0.2) is 4.98 Å². The predicted molar refractivity (Wildman–Crippen MR) is 170 cm³/mol. The van der Waals surface area contributed by atoms with E-state index in [9.17, 15) is 4.79 Å². The van der Waals surface area contributed by atoms with E-state index in [1.807, 2.05) is 83.2 Å². The van der Waals surface area contributed by atoms with Crippen molar-refractivity contribution in [3.63, 3.8) is 0 Å². The third-order valence-corrected chi connectivity index (χ3v) is 8.35. The van der Waals surface area contributed by atoms with Gasteiger partial charge in [-0.05, 0) is 93.2 Å². The number of aryl methyl sites for hydroxylation is 2. The highest BCUT2D eigenvalue weighted by Gasteiger charge is 2.18. The molecule has 0 spiro atoms. The van der Waals surface area contributed by atoms with E-state index in [-0.39, 0.29) is 5.91 Å². The molecule has 0 saturated carbocycles. The summed E-state index contributed by atoms with van der Waals surface area (Å²) in [5.41, 5.74) is 5.50. The highest BCUT2D eigenvalue weighted by atomic mass is 16.1. The number of imidazole rings is 1. The van der Waals surface area contributed by atoms with Crippen LogP contribution < -0.4 is 5.32 Å². The van der Waals surface area contributed by atoms with Crippen LogP contribution in [0.2, 0.25) is 0 Å². The molecule has 6 rings (SSSR count). The highest BCUT2D eigenvalue weighted by molar-refractivity contribution is 6.08. The molecule has 42 heavy (non-hydrogen) atoms. The quantitative estimate of drug-likeness (QED) is 0.173. The molecule has 216 valence electrons. The summed E-state index contributed by atoms with van der Waals surface area (Å²) < 4.78 is 3.85. The number of unbranched alkanes of at least 4 members (excludes halogenated alkanes) is 3. The number of amides is 1. The van der Waals surface area contributed by atoms with Crippen molar-refractivity contribution in [2.75, 3.05) is 25.0 Å².